The van der Waals surface area contributed by atoms with E-state index < -0.39 is 11.6 Å². The third-order valence-electron chi connectivity index (χ3n) is 5.71. The molecule has 3 heterocycles. The van der Waals surface area contributed by atoms with Crippen LogP contribution in [0.15, 0.2) is 22.6 Å². The van der Waals surface area contributed by atoms with Crippen LogP contribution in [0.25, 0.3) is 0 Å². The largest absolute Gasteiger partial charge is 0.445 e. The molecule has 0 aliphatic carbocycles. The lowest BCUT2D eigenvalue weighted by Gasteiger charge is -2.30. The molecule has 6 nitrogen and oxygen atoms in total. The van der Waals surface area contributed by atoms with Gasteiger partial charge in [0.2, 0.25) is 0 Å². The summed E-state index contributed by atoms with van der Waals surface area (Å²) in [6, 6.07) is 3.18. The van der Waals surface area contributed by atoms with Crippen LogP contribution in [-0.2, 0) is 0 Å². The maximum Gasteiger partial charge on any atom is 0.276 e. The molecule has 0 radical (unpaired) electrons. The maximum atomic E-state index is 13.4. The number of benzene rings is 1. The van der Waals surface area contributed by atoms with Gasteiger partial charge in [-0.15, -0.1) is 0 Å². The van der Waals surface area contributed by atoms with Crippen LogP contribution in [0.2, 0.25) is 0 Å². The van der Waals surface area contributed by atoms with Gasteiger partial charge < -0.3 is 14.2 Å². The third kappa shape index (κ3) is 3.88. The average molecular weight is 403 g/mol. The second-order valence-corrected chi connectivity index (χ2v) is 7.65. The van der Waals surface area contributed by atoms with Crippen molar-refractivity contribution in [1.82, 2.24) is 14.8 Å². The van der Waals surface area contributed by atoms with E-state index in [9.17, 15) is 18.4 Å². The minimum atomic E-state index is -1.03. The van der Waals surface area contributed by atoms with E-state index in [0.29, 0.717) is 43.3 Å². The quantitative estimate of drug-likeness (QED) is 0.787. The van der Waals surface area contributed by atoms with E-state index in [2.05, 4.69) is 4.98 Å². The van der Waals surface area contributed by atoms with Gasteiger partial charge in [0, 0.05) is 37.7 Å². The zero-order valence-electron chi connectivity index (χ0n) is 16.3. The summed E-state index contributed by atoms with van der Waals surface area (Å²) in [6.07, 6.45) is 3.29. The number of carbonyl (C=O) groups is 2. The topological polar surface area (TPSA) is 66.7 Å². The fourth-order valence-corrected chi connectivity index (χ4v) is 4.00. The number of carbonyl (C=O) groups excluding carboxylic acids is 2. The van der Waals surface area contributed by atoms with Crippen molar-refractivity contribution in [3.63, 3.8) is 0 Å². The molecule has 2 aromatic rings. The first-order valence-electron chi connectivity index (χ1n) is 9.95. The van der Waals surface area contributed by atoms with Crippen molar-refractivity contribution in [2.45, 2.75) is 38.5 Å². The van der Waals surface area contributed by atoms with Crippen LogP contribution in [0.4, 0.5) is 8.78 Å². The minimum Gasteiger partial charge on any atom is -0.445 e. The smallest absolute Gasteiger partial charge is 0.276 e. The van der Waals surface area contributed by atoms with Crippen molar-refractivity contribution in [3.8, 4) is 0 Å². The van der Waals surface area contributed by atoms with Gasteiger partial charge in [0.15, 0.2) is 23.2 Å². The molecule has 0 spiro atoms. The molecule has 2 aliphatic heterocycles. The summed E-state index contributed by atoms with van der Waals surface area (Å²) in [6.45, 7) is 4.18. The summed E-state index contributed by atoms with van der Waals surface area (Å²) >= 11 is 0. The van der Waals surface area contributed by atoms with E-state index in [1.54, 1.807) is 16.7 Å². The summed E-state index contributed by atoms with van der Waals surface area (Å²) < 4.78 is 32.3. The molecule has 0 saturated carbocycles. The highest BCUT2D eigenvalue weighted by atomic mass is 19.2. The minimum absolute atomic E-state index is 0.0165. The number of amides is 2. The Kier molecular flexibility index (Phi) is 5.34. The molecule has 2 amide bonds. The number of piperidine rings is 1. The van der Waals surface area contributed by atoms with Crippen molar-refractivity contribution < 1.29 is 22.8 Å². The van der Waals surface area contributed by atoms with E-state index >= 15 is 0 Å². The highest BCUT2D eigenvalue weighted by Crippen LogP contribution is 2.30. The number of aromatic nitrogens is 1. The number of aryl methyl sites for hydroxylation is 1. The Labute approximate surface area is 167 Å². The van der Waals surface area contributed by atoms with E-state index in [0.717, 1.165) is 38.1 Å². The lowest BCUT2D eigenvalue weighted by atomic mass is 9.96. The number of nitrogens with zero attached hydrogens (tertiary/aromatic N) is 3. The highest BCUT2D eigenvalue weighted by molar-refractivity contribution is 5.94. The van der Waals surface area contributed by atoms with Gasteiger partial charge in [-0.2, -0.15) is 0 Å². The first-order valence-corrected chi connectivity index (χ1v) is 9.95. The Morgan fingerprint density at radius 3 is 2.31 bits per heavy atom. The molecule has 0 unspecified atom stereocenters. The second kappa shape index (κ2) is 7.93. The number of rotatable bonds is 3. The zero-order valence-corrected chi connectivity index (χ0v) is 16.3. The van der Waals surface area contributed by atoms with E-state index in [4.69, 9.17) is 4.42 Å². The van der Waals surface area contributed by atoms with Gasteiger partial charge in [-0.05, 0) is 50.8 Å². The summed E-state index contributed by atoms with van der Waals surface area (Å²) in [5.41, 5.74) is 0.509. The van der Waals surface area contributed by atoms with Crippen LogP contribution in [0.3, 0.4) is 0 Å². The number of hydrogen-bond acceptors (Lipinski definition) is 4. The van der Waals surface area contributed by atoms with Gasteiger partial charge in [-0.1, -0.05) is 0 Å². The molecule has 0 N–H and O–H groups in total. The maximum absolute atomic E-state index is 13.4. The Balaban J connectivity index is 1.40. The number of likely N-dealkylation sites (tertiary alicyclic amines) is 2. The third-order valence-corrected chi connectivity index (χ3v) is 5.71. The lowest BCUT2D eigenvalue weighted by Crippen LogP contribution is -2.38. The second-order valence-electron chi connectivity index (χ2n) is 7.65. The van der Waals surface area contributed by atoms with Crippen LogP contribution in [-0.4, -0.2) is 52.8 Å². The molecule has 2 saturated heterocycles. The molecule has 8 heteroatoms. The Bertz CT molecular complexity index is 929. The fraction of sp³-hybridized carbons (Fsp3) is 0.476. The molecule has 154 valence electrons. The van der Waals surface area contributed by atoms with Gasteiger partial charge >= 0.3 is 0 Å². The Morgan fingerprint density at radius 2 is 1.66 bits per heavy atom. The highest BCUT2D eigenvalue weighted by Gasteiger charge is 2.31. The molecule has 2 fully saturated rings. The standard InChI is InChI=1S/C21H23F2N3O3/c1-13-18(21(28)25-8-2-3-9-25)24-19(29-13)14-6-10-26(11-7-14)20(27)15-4-5-16(22)17(23)12-15/h4-5,12,14H,2-3,6-11H2,1H3. The van der Waals surface area contributed by atoms with Crippen LogP contribution < -0.4 is 0 Å². The van der Waals surface area contributed by atoms with Crippen molar-refractivity contribution in [1.29, 1.82) is 0 Å². The lowest BCUT2D eigenvalue weighted by molar-refractivity contribution is 0.0705. The molecule has 4 rings (SSSR count). The van der Waals surface area contributed by atoms with Crippen molar-refractivity contribution in [2.24, 2.45) is 0 Å². The fourth-order valence-electron chi connectivity index (χ4n) is 4.00. The monoisotopic (exact) mass is 403 g/mol. The average Bonchev–Trinajstić information content (AvgIpc) is 3.39. The molecule has 0 atom stereocenters. The molecule has 1 aromatic heterocycles. The van der Waals surface area contributed by atoms with Crippen molar-refractivity contribution in [3.05, 3.63) is 52.7 Å². The molecule has 0 bridgehead atoms. The van der Waals surface area contributed by atoms with Crippen LogP contribution >= 0.6 is 0 Å². The number of hydrogen-bond donors (Lipinski definition) is 0. The van der Waals surface area contributed by atoms with Crippen LogP contribution in [0.1, 0.15) is 64.1 Å². The summed E-state index contributed by atoms with van der Waals surface area (Å²) in [7, 11) is 0. The van der Waals surface area contributed by atoms with Gasteiger partial charge in [0.05, 0.1) is 0 Å². The predicted octanol–water partition coefficient (Wildman–Crippen LogP) is 3.52. The van der Waals surface area contributed by atoms with Gasteiger partial charge in [0.1, 0.15) is 5.76 Å². The SMILES string of the molecule is Cc1oc(C2CCN(C(=O)c3ccc(F)c(F)c3)CC2)nc1C(=O)N1CCCC1. The van der Waals surface area contributed by atoms with E-state index in [1.807, 2.05) is 0 Å². The summed E-state index contributed by atoms with van der Waals surface area (Å²) in [5, 5.41) is 0. The molecular formula is C21H23F2N3O3. The Morgan fingerprint density at radius 1 is 1.00 bits per heavy atom. The summed E-state index contributed by atoms with van der Waals surface area (Å²) in [4.78, 5) is 33.1. The van der Waals surface area contributed by atoms with Crippen molar-refractivity contribution >= 4 is 11.8 Å². The first kappa shape index (κ1) is 19.5. The van der Waals surface area contributed by atoms with E-state index in [-0.39, 0.29) is 23.3 Å². The molecule has 29 heavy (non-hydrogen) atoms. The number of oxazole rings is 1. The van der Waals surface area contributed by atoms with Gasteiger partial charge in [-0.3, -0.25) is 9.59 Å². The summed E-state index contributed by atoms with van der Waals surface area (Å²) in [5.74, 6) is -1.34. The molecule has 2 aliphatic rings. The van der Waals surface area contributed by atoms with Gasteiger partial charge in [-0.25, -0.2) is 13.8 Å². The van der Waals surface area contributed by atoms with Crippen molar-refractivity contribution in [2.75, 3.05) is 26.2 Å². The first-order chi connectivity index (χ1) is 13.9. The molecular weight excluding hydrogens is 380 g/mol. The normalized spacial score (nSPS) is 17.8. The zero-order chi connectivity index (χ0) is 20.5. The molecule has 1 aromatic carbocycles. The predicted molar refractivity (Wildman–Crippen MR) is 101 cm³/mol. The van der Waals surface area contributed by atoms with Crippen LogP contribution in [0.5, 0.6) is 0 Å². The van der Waals surface area contributed by atoms with Crippen LogP contribution in [0, 0.1) is 18.6 Å². The van der Waals surface area contributed by atoms with Gasteiger partial charge in [0.25, 0.3) is 11.8 Å². The number of halogens is 2. The Hall–Kier alpha value is -2.77. The van der Waals surface area contributed by atoms with E-state index in [1.165, 1.54) is 6.07 Å².